The number of hydrogen-bond donors (Lipinski definition) is 1. The highest BCUT2D eigenvalue weighted by Crippen LogP contribution is 2.16. The van der Waals surface area contributed by atoms with Crippen molar-refractivity contribution in [2.75, 3.05) is 26.8 Å². The van der Waals surface area contributed by atoms with Crippen LogP contribution in [0.25, 0.3) is 0 Å². The number of likely N-dealkylation sites (tertiary alicyclic amines) is 1. The predicted molar refractivity (Wildman–Crippen MR) is 57.4 cm³/mol. The van der Waals surface area contributed by atoms with E-state index in [0.29, 0.717) is 6.04 Å². The van der Waals surface area contributed by atoms with Gasteiger partial charge in [0.2, 0.25) is 0 Å². The Bertz CT molecular complexity index is 152. The quantitative estimate of drug-likeness (QED) is 0.743. The minimum Gasteiger partial charge on any atom is -0.395 e. The molecule has 14 heavy (non-hydrogen) atoms. The standard InChI is InChI=1S/C11H23NO2/c1-10(14-2)8-12-7-5-3-4-6-11(12)9-13/h10-11,13H,3-9H2,1-2H3. The minimum atomic E-state index is 0.266. The lowest BCUT2D eigenvalue weighted by atomic mass is 10.1. The van der Waals surface area contributed by atoms with Crippen LogP contribution in [0.1, 0.15) is 32.6 Å². The summed E-state index contributed by atoms with van der Waals surface area (Å²) in [7, 11) is 1.75. The predicted octanol–water partition coefficient (Wildman–Crippen LogP) is 1.26. The van der Waals surface area contributed by atoms with Crippen LogP contribution in [0, 0.1) is 0 Å². The molecule has 0 aliphatic carbocycles. The third-order valence-electron chi connectivity index (χ3n) is 3.10. The molecule has 0 radical (unpaired) electrons. The van der Waals surface area contributed by atoms with Gasteiger partial charge in [0.25, 0.3) is 0 Å². The Morgan fingerprint density at radius 1 is 1.43 bits per heavy atom. The zero-order valence-corrected chi connectivity index (χ0v) is 9.41. The van der Waals surface area contributed by atoms with Crippen molar-refractivity contribution in [3.63, 3.8) is 0 Å². The van der Waals surface area contributed by atoms with Gasteiger partial charge in [-0.3, -0.25) is 4.90 Å². The number of methoxy groups -OCH3 is 1. The van der Waals surface area contributed by atoms with Crippen molar-refractivity contribution in [2.45, 2.75) is 44.8 Å². The van der Waals surface area contributed by atoms with E-state index in [1.807, 2.05) is 0 Å². The Hall–Kier alpha value is -0.120. The van der Waals surface area contributed by atoms with Crippen molar-refractivity contribution in [1.29, 1.82) is 0 Å². The van der Waals surface area contributed by atoms with Crippen molar-refractivity contribution < 1.29 is 9.84 Å². The number of hydrogen-bond acceptors (Lipinski definition) is 3. The second-order valence-corrected chi connectivity index (χ2v) is 4.23. The van der Waals surface area contributed by atoms with Gasteiger partial charge in [-0.25, -0.2) is 0 Å². The molecule has 0 saturated carbocycles. The summed E-state index contributed by atoms with van der Waals surface area (Å²) in [6.07, 6.45) is 5.21. The lowest BCUT2D eigenvalue weighted by molar-refractivity contribution is 0.0452. The molecule has 0 spiro atoms. The molecule has 0 bridgehead atoms. The van der Waals surface area contributed by atoms with Gasteiger partial charge in [-0.2, -0.15) is 0 Å². The van der Waals surface area contributed by atoms with Crippen LogP contribution in [0.3, 0.4) is 0 Å². The fourth-order valence-corrected chi connectivity index (χ4v) is 2.09. The maximum atomic E-state index is 9.29. The molecule has 0 aromatic rings. The van der Waals surface area contributed by atoms with E-state index < -0.39 is 0 Å². The normalized spacial score (nSPS) is 27.2. The van der Waals surface area contributed by atoms with E-state index in [0.717, 1.165) is 19.5 Å². The molecule has 3 nitrogen and oxygen atoms in total. The molecular weight excluding hydrogens is 178 g/mol. The lowest BCUT2D eigenvalue weighted by Crippen LogP contribution is -2.41. The summed E-state index contributed by atoms with van der Waals surface area (Å²) in [5.41, 5.74) is 0. The average Bonchev–Trinajstić information content (AvgIpc) is 2.42. The van der Waals surface area contributed by atoms with Gasteiger partial charge in [0.1, 0.15) is 0 Å². The molecule has 1 aliphatic heterocycles. The molecule has 1 heterocycles. The fraction of sp³-hybridized carbons (Fsp3) is 1.00. The zero-order chi connectivity index (χ0) is 10.4. The van der Waals surface area contributed by atoms with Crippen LogP contribution in [0.4, 0.5) is 0 Å². The van der Waals surface area contributed by atoms with Gasteiger partial charge in [-0.1, -0.05) is 12.8 Å². The van der Waals surface area contributed by atoms with Crippen molar-refractivity contribution in [3.05, 3.63) is 0 Å². The number of rotatable bonds is 4. The first-order chi connectivity index (χ1) is 6.77. The SMILES string of the molecule is COC(C)CN1CCCCCC1CO. The highest BCUT2D eigenvalue weighted by Gasteiger charge is 2.21. The summed E-state index contributed by atoms with van der Waals surface area (Å²) in [6, 6.07) is 0.357. The Morgan fingerprint density at radius 2 is 2.21 bits per heavy atom. The van der Waals surface area contributed by atoms with Crippen molar-refractivity contribution in [2.24, 2.45) is 0 Å². The molecule has 3 heteroatoms. The van der Waals surface area contributed by atoms with Gasteiger partial charge >= 0.3 is 0 Å². The minimum absolute atomic E-state index is 0.266. The Kier molecular flexibility index (Phi) is 5.45. The van der Waals surface area contributed by atoms with E-state index in [1.54, 1.807) is 7.11 Å². The van der Waals surface area contributed by atoms with Crippen LogP contribution in [0.15, 0.2) is 0 Å². The molecule has 1 rings (SSSR count). The van der Waals surface area contributed by atoms with Crippen LogP contribution in [-0.4, -0.2) is 49.0 Å². The van der Waals surface area contributed by atoms with Crippen LogP contribution < -0.4 is 0 Å². The van der Waals surface area contributed by atoms with Crippen LogP contribution in [0.2, 0.25) is 0 Å². The molecule has 0 aromatic heterocycles. The summed E-state index contributed by atoms with van der Waals surface area (Å²) in [4.78, 5) is 2.38. The van der Waals surface area contributed by atoms with Crippen molar-refractivity contribution in [1.82, 2.24) is 4.90 Å². The number of aliphatic hydroxyl groups excluding tert-OH is 1. The second-order valence-electron chi connectivity index (χ2n) is 4.23. The second kappa shape index (κ2) is 6.38. The average molecular weight is 201 g/mol. The zero-order valence-electron chi connectivity index (χ0n) is 9.41. The number of ether oxygens (including phenoxy) is 1. The summed E-state index contributed by atoms with van der Waals surface area (Å²) in [6.45, 7) is 4.43. The van der Waals surface area contributed by atoms with E-state index >= 15 is 0 Å². The lowest BCUT2D eigenvalue weighted by Gasteiger charge is -2.30. The first-order valence-electron chi connectivity index (χ1n) is 5.65. The van der Waals surface area contributed by atoms with Gasteiger partial charge in [0, 0.05) is 19.7 Å². The third-order valence-corrected chi connectivity index (χ3v) is 3.10. The summed E-state index contributed by atoms with van der Waals surface area (Å²) in [5, 5.41) is 9.29. The molecule has 1 N–H and O–H groups in total. The number of aliphatic hydroxyl groups is 1. The summed E-state index contributed by atoms with van der Waals surface area (Å²) in [5.74, 6) is 0. The fourth-order valence-electron chi connectivity index (χ4n) is 2.09. The van der Waals surface area contributed by atoms with Crippen molar-refractivity contribution >= 4 is 0 Å². The van der Waals surface area contributed by atoms with Gasteiger partial charge in [-0.15, -0.1) is 0 Å². The molecule has 84 valence electrons. The maximum absolute atomic E-state index is 9.29. The third kappa shape index (κ3) is 3.56. The Balaban J connectivity index is 2.43. The molecule has 2 unspecified atom stereocenters. The van der Waals surface area contributed by atoms with Crippen LogP contribution in [0.5, 0.6) is 0 Å². The molecule has 1 aliphatic rings. The Morgan fingerprint density at radius 3 is 2.86 bits per heavy atom. The molecule has 1 fully saturated rings. The highest BCUT2D eigenvalue weighted by molar-refractivity contribution is 4.76. The van der Waals surface area contributed by atoms with E-state index in [9.17, 15) is 5.11 Å². The maximum Gasteiger partial charge on any atom is 0.0670 e. The van der Waals surface area contributed by atoms with Gasteiger partial charge in [0.05, 0.1) is 12.7 Å². The monoisotopic (exact) mass is 201 g/mol. The molecular formula is C11H23NO2. The topological polar surface area (TPSA) is 32.7 Å². The van der Waals surface area contributed by atoms with Gasteiger partial charge in [0.15, 0.2) is 0 Å². The molecule has 0 amide bonds. The van der Waals surface area contributed by atoms with Gasteiger partial charge in [-0.05, 0) is 26.3 Å². The van der Waals surface area contributed by atoms with Crippen LogP contribution in [-0.2, 0) is 4.74 Å². The highest BCUT2D eigenvalue weighted by atomic mass is 16.5. The number of nitrogens with zero attached hydrogens (tertiary/aromatic N) is 1. The molecule has 2 atom stereocenters. The van der Waals surface area contributed by atoms with E-state index in [-0.39, 0.29) is 12.7 Å². The van der Waals surface area contributed by atoms with Gasteiger partial charge < -0.3 is 9.84 Å². The van der Waals surface area contributed by atoms with Crippen molar-refractivity contribution in [3.8, 4) is 0 Å². The van der Waals surface area contributed by atoms with E-state index in [4.69, 9.17) is 4.74 Å². The molecule has 1 saturated heterocycles. The van der Waals surface area contributed by atoms with E-state index in [1.165, 1.54) is 19.3 Å². The first-order valence-corrected chi connectivity index (χ1v) is 5.65. The first kappa shape index (κ1) is 12.0. The summed E-state index contributed by atoms with van der Waals surface area (Å²) >= 11 is 0. The van der Waals surface area contributed by atoms with E-state index in [2.05, 4.69) is 11.8 Å². The summed E-state index contributed by atoms with van der Waals surface area (Å²) < 4.78 is 5.26. The largest absolute Gasteiger partial charge is 0.395 e. The molecule has 0 aromatic carbocycles. The van der Waals surface area contributed by atoms with Crippen LogP contribution >= 0.6 is 0 Å². The smallest absolute Gasteiger partial charge is 0.0670 e. The Labute approximate surface area is 87.1 Å².